The average Bonchev–Trinajstić information content (AvgIpc) is 0.890. The predicted octanol–water partition coefficient (Wildman–Crippen LogP) is 13.2. The molecule has 0 heterocycles. The lowest BCUT2D eigenvalue weighted by atomic mass is 9.92. The Bertz CT molecular complexity index is 3140. The minimum Gasteiger partial charge on any atom is -0.481 e. The Kier molecular flexibility index (Phi) is 46.0. The van der Waals surface area contributed by atoms with Crippen molar-refractivity contribution in [3.63, 3.8) is 0 Å². The molecule has 8 unspecified atom stereocenters. The van der Waals surface area contributed by atoms with Gasteiger partial charge in [0.1, 0.15) is 0 Å². The largest absolute Gasteiger partial charge is 0.481 e. The van der Waals surface area contributed by atoms with Crippen molar-refractivity contribution in [3.8, 4) is 0 Å². The smallest absolute Gasteiger partial charge is 0.307 e. The van der Waals surface area contributed by atoms with Crippen LogP contribution in [0.3, 0.4) is 0 Å². The van der Waals surface area contributed by atoms with Gasteiger partial charge in [-0.15, -0.1) is 0 Å². The summed E-state index contributed by atoms with van der Waals surface area (Å²) in [5, 5.41) is 108. The number of aliphatic carboxylic acids is 12. The van der Waals surface area contributed by atoms with Gasteiger partial charge in [-0.05, 0) is 179 Å². The Morgan fingerprint density at radius 1 is 0.250 bits per heavy atom. The van der Waals surface area contributed by atoms with Crippen LogP contribution in [0, 0.1) is 47.3 Å². The summed E-state index contributed by atoms with van der Waals surface area (Å²) in [5.41, 5.74) is 7.79. The number of rotatable bonds is 47. The molecule has 554 valence electrons. The zero-order valence-electron chi connectivity index (χ0n) is 57.2. The topological polar surface area (TPSA) is 448 Å². The molecule has 24 heteroatoms. The van der Waals surface area contributed by atoms with E-state index in [4.69, 9.17) is 46.0 Å². The highest BCUT2D eigenvalue weighted by atomic mass is 16.4. The molecular weight excluding hydrogens is 1300 g/mol. The molecule has 0 fully saturated rings. The molecule has 0 aromatic heterocycles. The quantitative estimate of drug-likeness (QED) is 0.0195. The van der Waals surface area contributed by atoms with Crippen LogP contribution in [0.25, 0.3) is 0 Å². The molecule has 100 heavy (non-hydrogen) atoms. The van der Waals surface area contributed by atoms with Gasteiger partial charge in [-0.3, -0.25) is 57.5 Å². The summed E-state index contributed by atoms with van der Waals surface area (Å²) in [6, 6.07) is 30.3. The van der Waals surface area contributed by atoms with E-state index in [0.717, 1.165) is 83.0 Å². The summed E-state index contributed by atoms with van der Waals surface area (Å²) in [6.45, 7) is 7.65. The van der Waals surface area contributed by atoms with Crippen molar-refractivity contribution in [1.29, 1.82) is 0 Å². The molecule has 0 aliphatic carbocycles. The highest BCUT2D eigenvalue weighted by Gasteiger charge is 2.25. The Balaban J connectivity index is 0.00000131. The third-order valence-electron chi connectivity index (χ3n) is 17.1. The van der Waals surface area contributed by atoms with Crippen molar-refractivity contribution < 1.29 is 119 Å². The molecular formula is C76H106O24. The first-order chi connectivity index (χ1) is 46.8. The van der Waals surface area contributed by atoms with Crippen LogP contribution in [0.5, 0.6) is 0 Å². The van der Waals surface area contributed by atoms with Gasteiger partial charge in [-0.2, -0.15) is 0 Å². The zero-order chi connectivity index (χ0) is 74.6. The minimum atomic E-state index is -1.14. The molecule has 4 aromatic carbocycles. The van der Waals surface area contributed by atoms with Crippen molar-refractivity contribution >= 4 is 71.6 Å². The Hall–Kier alpha value is -9.48. The predicted molar refractivity (Wildman–Crippen MR) is 372 cm³/mol. The molecule has 12 N–H and O–H groups in total. The van der Waals surface area contributed by atoms with E-state index in [1.165, 1.54) is 0 Å². The molecule has 0 aliphatic heterocycles. The van der Waals surface area contributed by atoms with E-state index in [1.54, 1.807) is 36.4 Å². The fraction of sp³-hybridized carbons (Fsp3) is 0.526. The molecule has 4 aromatic rings. The van der Waals surface area contributed by atoms with Crippen molar-refractivity contribution in [2.24, 2.45) is 47.3 Å². The lowest BCUT2D eigenvalue weighted by Crippen LogP contribution is -2.20. The third kappa shape index (κ3) is 40.4. The SMILES string of the molecule is C.CCC(CCCc1ccc(CCCC(CC(=O)O)C(=O)O)cc1)C(=O)O.CCC(Cc1ccc(CC(CC(=O)O)C(=O)O)cc1)C(=O)O.CCCC(CCCc1ccc(CCCC(CC(=O)O)C(=O)O)cc1)C(=O)O.CCCC(Cc1ccc(CC(CCC(=O)O)C(=O)O)cc1)C(=O)O. The van der Waals surface area contributed by atoms with Crippen molar-refractivity contribution in [2.75, 3.05) is 0 Å². The highest BCUT2D eigenvalue weighted by Crippen LogP contribution is 2.24. The van der Waals surface area contributed by atoms with Gasteiger partial charge in [0, 0.05) is 6.42 Å². The molecule has 0 amide bonds. The summed E-state index contributed by atoms with van der Waals surface area (Å²) in [7, 11) is 0. The third-order valence-corrected chi connectivity index (χ3v) is 17.1. The van der Waals surface area contributed by atoms with Gasteiger partial charge in [0.25, 0.3) is 0 Å². The molecule has 0 spiro atoms. The fourth-order valence-corrected chi connectivity index (χ4v) is 11.1. The summed E-state index contributed by atoms with van der Waals surface area (Å²) in [5.74, 6) is -16.4. The van der Waals surface area contributed by atoms with Gasteiger partial charge in [-0.1, -0.05) is 145 Å². The number of benzene rings is 4. The average molecular weight is 1400 g/mol. The number of hydrogen-bond donors (Lipinski definition) is 12. The maximum atomic E-state index is 11.2. The van der Waals surface area contributed by atoms with Crippen LogP contribution in [0.15, 0.2) is 97.1 Å². The fourth-order valence-electron chi connectivity index (χ4n) is 11.1. The van der Waals surface area contributed by atoms with Gasteiger partial charge < -0.3 is 61.3 Å². The second-order valence-electron chi connectivity index (χ2n) is 25.1. The zero-order valence-corrected chi connectivity index (χ0v) is 57.2. The lowest BCUT2D eigenvalue weighted by Gasteiger charge is -2.13. The van der Waals surface area contributed by atoms with E-state index in [0.29, 0.717) is 89.9 Å². The normalized spacial score (nSPS) is 13.0. The van der Waals surface area contributed by atoms with E-state index in [1.807, 2.05) is 88.4 Å². The molecule has 4 rings (SSSR count). The van der Waals surface area contributed by atoms with Gasteiger partial charge in [0.05, 0.1) is 66.6 Å². The monoisotopic (exact) mass is 1400 g/mol. The van der Waals surface area contributed by atoms with E-state index in [2.05, 4.69) is 0 Å². The Morgan fingerprint density at radius 2 is 0.470 bits per heavy atom. The van der Waals surface area contributed by atoms with Crippen LogP contribution in [-0.4, -0.2) is 133 Å². The molecule has 0 saturated carbocycles. The van der Waals surface area contributed by atoms with Crippen molar-refractivity contribution in [2.45, 2.75) is 208 Å². The first-order valence-corrected chi connectivity index (χ1v) is 33.8. The van der Waals surface area contributed by atoms with Crippen LogP contribution in [0.4, 0.5) is 0 Å². The van der Waals surface area contributed by atoms with E-state index in [-0.39, 0.29) is 57.8 Å². The summed E-state index contributed by atoms with van der Waals surface area (Å²) >= 11 is 0. The minimum absolute atomic E-state index is 0. The Labute approximate surface area is 585 Å². The summed E-state index contributed by atoms with van der Waals surface area (Å²) in [4.78, 5) is 131. The van der Waals surface area contributed by atoms with Crippen LogP contribution in [0.2, 0.25) is 0 Å². The van der Waals surface area contributed by atoms with Gasteiger partial charge in [0.15, 0.2) is 0 Å². The van der Waals surface area contributed by atoms with Crippen molar-refractivity contribution in [1.82, 2.24) is 0 Å². The van der Waals surface area contributed by atoms with E-state index >= 15 is 0 Å². The van der Waals surface area contributed by atoms with Crippen LogP contribution >= 0.6 is 0 Å². The molecule has 8 atom stereocenters. The lowest BCUT2D eigenvalue weighted by molar-refractivity contribution is -0.148. The first kappa shape index (κ1) is 90.5. The van der Waals surface area contributed by atoms with E-state index < -0.39 is 114 Å². The second-order valence-corrected chi connectivity index (χ2v) is 25.1. The highest BCUT2D eigenvalue weighted by molar-refractivity contribution is 5.79. The summed E-state index contributed by atoms with van der Waals surface area (Å²) in [6.07, 6.45) is 12.3. The first-order valence-electron chi connectivity index (χ1n) is 33.8. The second kappa shape index (κ2) is 50.8. The Morgan fingerprint density at radius 3 is 0.720 bits per heavy atom. The maximum absolute atomic E-state index is 11.2. The van der Waals surface area contributed by atoms with Gasteiger partial charge >= 0.3 is 71.6 Å². The van der Waals surface area contributed by atoms with Crippen LogP contribution < -0.4 is 0 Å². The number of carboxylic acid groups (broad SMARTS) is 12. The molecule has 0 bridgehead atoms. The molecule has 24 nitrogen and oxygen atoms in total. The van der Waals surface area contributed by atoms with Crippen LogP contribution in [-0.2, 0) is 109 Å². The van der Waals surface area contributed by atoms with Crippen LogP contribution in [0.1, 0.15) is 202 Å². The van der Waals surface area contributed by atoms with Gasteiger partial charge in [0.2, 0.25) is 0 Å². The number of carbonyl (C=O) groups is 12. The van der Waals surface area contributed by atoms with E-state index in [9.17, 15) is 72.9 Å². The number of carboxylic acids is 12. The maximum Gasteiger partial charge on any atom is 0.307 e. The molecule has 0 aliphatic rings. The standard InChI is InChI=1S/C21H30O6.C20H28O6.C18H24O6.C16H20O6.CH4/c1-2-5-17(20(24)25)8-3-6-15-10-12-16(13-11-15)7-4-9-18(21(26)27)14-19(22)23;1-2-16(19(23)24)7-3-5-14-9-11-15(12-10-14)6-4-8-17(20(25)26)13-18(21)22;1-2-3-14(17(21)22)10-12-4-6-13(7-5-12)11-15(18(23)24)8-9-16(19)20;1-2-12(15(19)20)7-10-3-5-11(6-4-10)8-13(16(21)22)9-14(17)18;/h10-13,17-18H,2-9,14H2,1H3,(H,22,23)(H,24,25)(H,26,27);9-12,16-17H,2-8,13H2,1H3,(H,21,22)(H,23,24)(H,25,26);4-7,14-15H,2-3,8-11H2,1H3,(H,19,20)(H,21,22)(H,23,24);3-6,12-13H,2,7-9H2,1H3,(H,17,18)(H,19,20)(H,21,22);1H4. The molecule has 0 radical (unpaired) electrons. The molecule has 0 saturated heterocycles. The van der Waals surface area contributed by atoms with Crippen molar-refractivity contribution in [3.05, 3.63) is 142 Å². The van der Waals surface area contributed by atoms with Gasteiger partial charge in [-0.25, -0.2) is 0 Å². The summed E-state index contributed by atoms with van der Waals surface area (Å²) < 4.78 is 0. The number of hydrogen-bond acceptors (Lipinski definition) is 12. The number of aryl methyl sites for hydroxylation is 4.